The number of benzene rings is 1. The summed E-state index contributed by atoms with van der Waals surface area (Å²) in [6.07, 6.45) is 1.07. The first-order valence-electron chi connectivity index (χ1n) is 6.83. The lowest BCUT2D eigenvalue weighted by Crippen LogP contribution is -2.42. The second kappa shape index (κ2) is 6.02. The molecule has 0 aromatic heterocycles. The van der Waals surface area contributed by atoms with Crippen molar-refractivity contribution in [1.82, 2.24) is 4.31 Å². The fourth-order valence-corrected chi connectivity index (χ4v) is 4.74. The molecule has 0 amide bonds. The predicted octanol–water partition coefficient (Wildman–Crippen LogP) is 2.47. The molecule has 20 heavy (non-hydrogen) atoms. The first kappa shape index (κ1) is 15.8. The number of piperidine rings is 1. The molecule has 1 aromatic rings. The minimum Gasteiger partial charge on any atom is -0.326 e. The first-order valence-corrected chi connectivity index (χ1v) is 8.65. The Morgan fingerprint density at radius 3 is 2.45 bits per heavy atom. The lowest BCUT2D eigenvalue weighted by atomic mass is 9.94. The van der Waals surface area contributed by atoms with Gasteiger partial charge in [-0.3, -0.25) is 0 Å². The largest absolute Gasteiger partial charge is 0.326 e. The van der Waals surface area contributed by atoms with Crippen molar-refractivity contribution in [3.8, 4) is 0 Å². The van der Waals surface area contributed by atoms with Crippen LogP contribution in [0.15, 0.2) is 23.1 Å². The number of hydrogen-bond acceptors (Lipinski definition) is 3. The van der Waals surface area contributed by atoms with E-state index in [9.17, 15) is 8.42 Å². The number of rotatable bonds is 3. The predicted molar refractivity (Wildman–Crippen MR) is 81.0 cm³/mol. The number of hydrogen-bond donors (Lipinski definition) is 1. The lowest BCUT2D eigenvalue weighted by molar-refractivity contribution is 0.222. The van der Waals surface area contributed by atoms with E-state index in [4.69, 9.17) is 17.3 Å². The molecule has 6 heteroatoms. The molecule has 0 saturated carbocycles. The maximum Gasteiger partial charge on any atom is 0.243 e. The van der Waals surface area contributed by atoms with E-state index in [0.717, 1.165) is 6.42 Å². The van der Waals surface area contributed by atoms with Crippen LogP contribution >= 0.6 is 11.6 Å². The molecule has 2 N–H and O–H groups in total. The minimum absolute atomic E-state index is 0.231. The third-order valence-electron chi connectivity index (χ3n) is 3.71. The summed E-state index contributed by atoms with van der Waals surface area (Å²) < 4.78 is 27.0. The standard InChI is InChI=1S/C14H21ClN2O2S/c1-10-5-11(2)9-17(8-10)20(18,19)13-3-4-14(15)12(6-13)7-16/h3-4,6,10-11H,5,7-9,16H2,1-2H3. The summed E-state index contributed by atoms with van der Waals surface area (Å²) in [5.74, 6) is 0.768. The van der Waals surface area contributed by atoms with Crippen LogP contribution in [0, 0.1) is 11.8 Å². The second-order valence-electron chi connectivity index (χ2n) is 5.73. The molecule has 2 rings (SSSR count). The third kappa shape index (κ3) is 3.17. The van der Waals surface area contributed by atoms with Crippen molar-refractivity contribution >= 4 is 21.6 Å². The topological polar surface area (TPSA) is 63.4 Å². The fourth-order valence-electron chi connectivity index (χ4n) is 2.82. The molecule has 1 aliphatic heterocycles. The highest BCUT2D eigenvalue weighted by molar-refractivity contribution is 7.89. The summed E-state index contributed by atoms with van der Waals surface area (Å²) in [6, 6.07) is 4.75. The Hall–Kier alpha value is -0.620. The van der Waals surface area contributed by atoms with Gasteiger partial charge >= 0.3 is 0 Å². The summed E-state index contributed by atoms with van der Waals surface area (Å²) in [4.78, 5) is 0.281. The van der Waals surface area contributed by atoms with Crippen molar-refractivity contribution in [2.45, 2.75) is 31.7 Å². The second-order valence-corrected chi connectivity index (χ2v) is 8.07. The quantitative estimate of drug-likeness (QED) is 0.931. The van der Waals surface area contributed by atoms with Gasteiger partial charge in [0.1, 0.15) is 0 Å². The van der Waals surface area contributed by atoms with E-state index >= 15 is 0 Å². The zero-order valence-corrected chi connectivity index (χ0v) is 13.4. The van der Waals surface area contributed by atoms with Gasteiger partial charge in [0, 0.05) is 24.7 Å². The Kier molecular flexibility index (Phi) is 4.74. The molecule has 0 bridgehead atoms. The Morgan fingerprint density at radius 1 is 1.30 bits per heavy atom. The van der Waals surface area contributed by atoms with E-state index in [2.05, 4.69) is 13.8 Å². The molecule has 1 aromatic carbocycles. The molecule has 1 aliphatic rings. The van der Waals surface area contributed by atoms with Crippen molar-refractivity contribution in [3.05, 3.63) is 28.8 Å². The smallest absolute Gasteiger partial charge is 0.243 e. The van der Waals surface area contributed by atoms with Gasteiger partial charge in [-0.15, -0.1) is 0 Å². The molecule has 2 atom stereocenters. The Labute approximate surface area is 126 Å². The molecule has 0 spiro atoms. The van der Waals surface area contributed by atoms with Crippen LogP contribution in [0.4, 0.5) is 0 Å². The highest BCUT2D eigenvalue weighted by Crippen LogP contribution is 2.28. The summed E-state index contributed by atoms with van der Waals surface area (Å²) in [5.41, 5.74) is 6.25. The van der Waals surface area contributed by atoms with E-state index in [1.807, 2.05) is 0 Å². The van der Waals surface area contributed by atoms with Crippen molar-refractivity contribution in [3.63, 3.8) is 0 Å². The van der Waals surface area contributed by atoms with Crippen LogP contribution in [0.5, 0.6) is 0 Å². The van der Waals surface area contributed by atoms with Crippen molar-refractivity contribution in [1.29, 1.82) is 0 Å². The minimum atomic E-state index is -3.46. The van der Waals surface area contributed by atoms with Crippen LogP contribution < -0.4 is 5.73 Å². The van der Waals surface area contributed by atoms with E-state index in [0.29, 0.717) is 35.5 Å². The molecule has 1 heterocycles. The Morgan fingerprint density at radius 2 is 1.90 bits per heavy atom. The zero-order valence-electron chi connectivity index (χ0n) is 11.8. The van der Waals surface area contributed by atoms with Gasteiger partial charge in [0.05, 0.1) is 4.90 Å². The monoisotopic (exact) mass is 316 g/mol. The van der Waals surface area contributed by atoms with E-state index in [-0.39, 0.29) is 11.4 Å². The lowest BCUT2D eigenvalue weighted by Gasteiger charge is -2.34. The molecule has 1 saturated heterocycles. The Balaban J connectivity index is 2.34. The van der Waals surface area contributed by atoms with Gasteiger partial charge in [0.15, 0.2) is 0 Å². The normalized spacial score (nSPS) is 24.8. The van der Waals surface area contributed by atoms with Gasteiger partial charge in [-0.1, -0.05) is 25.4 Å². The number of nitrogens with two attached hydrogens (primary N) is 1. The maximum absolute atomic E-state index is 12.7. The van der Waals surface area contributed by atoms with Crippen molar-refractivity contribution in [2.24, 2.45) is 17.6 Å². The van der Waals surface area contributed by atoms with Crippen molar-refractivity contribution in [2.75, 3.05) is 13.1 Å². The molecule has 0 aliphatic carbocycles. The van der Waals surface area contributed by atoms with Gasteiger partial charge in [-0.25, -0.2) is 8.42 Å². The summed E-state index contributed by atoms with van der Waals surface area (Å²) in [6.45, 7) is 5.56. The van der Waals surface area contributed by atoms with Gasteiger partial charge in [-0.2, -0.15) is 4.31 Å². The number of nitrogens with zero attached hydrogens (tertiary/aromatic N) is 1. The van der Waals surface area contributed by atoms with Crippen LogP contribution in [0.3, 0.4) is 0 Å². The average molecular weight is 317 g/mol. The van der Waals surface area contributed by atoms with E-state index in [1.165, 1.54) is 0 Å². The number of halogens is 1. The average Bonchev–Trinajstić information content (AvgIpc) is 2.37. The highest BCUT2D eigenvalue weighted by atomic mass is 35.5. The van der Waals surface area contributed by atoms with Crippen LogP contribution in [0.1, 0.15) is 25.8 Å². The van der Waals surface area contributed by atoms with Crippen LogP contribution in [-0.2, 0) is 16.6 Å². The molecule has 0 radical (unpaired) electrons. The highest BCUT2D eigenvalue weighted by Gasteiger charge is 2.31. The molecule has 4 nitrogen and oxygen atoms in total. The SMILES string of the molecule is CC1CC(C)CN(S(=O)(=O)c2ccc(Cl)c(CN)c2)C1. The third-order valence-corrected chi connectivity index (χ3v) is 5.91. The van der Waals surface area contributed by atoms with Gasteiger partial charge in [0.2, 0.25) is 10.0 Å². The van der Waals surface area contributed by atoms with Gasteiger partial charge in [0.25, 0.3) is 0 Å². The van der Waals surface area contributed by atoms with E-state index in [1.54, 1.807) is 22.5 Å². The van der Waals surface area contributed by atoms with Crippen molar-refractivity contribution < 1.29 is 8.42 Å². The van der Waals surface area contributed by atoms with E-state index < -0.39 is 10.0 Å². The van der Waals surface area contributed by atoms with Crippen LogP contribution in [-0.4, -0.2) is 25.8 Å². The van der Waals surface area contributed by atoms with Gasteiger partial charge in [-0.05, 0) is 42.0 Å². The summed E-state index contributed by atoms with van der Waals surface area (Å²) in [5, 5.41) is 0.506. The fraction of sp³-hybridized carbons (Fsp3) is 0.571. The van der Waals surface area contributed by atoms with Crippen LogP contribution in [0.25, 0.3) is 0 Å². The molecular weight excluding hydrogens is 296 g/mol. The summed E-state index contributed by atoms with van der Waals surface area (Å²) in [7, 11) is -3.46. The maximum atomic E-state index is 12.7. The molecule has 112 valence electrons. The van der Waals surface area contributed by atoms with Crippen LogP contribution in [0.2, 0.25) is 5.02 Å². The molecule has 1 fully saturated rings. The number of sulfonamides is 1. The van der Waals surface area contributed by atoms with Gasteiger partial charge < -0.3 is 5.73 Å². The summed E-state index contributed by atoms with van der Waals surface area (Å²) >= 11 is 5.99. The molecular formula is C14H21ClN2O2S. The molecule has 2 unspecified atom stereocenters. The zero-order chi connectivity index (χ0) is 14.9. The Bertz CT molecular complexity index is 579. The first-order chi connectivity index (χ1) is 9.34.